The average molecular weight is 254 g/mol. The lowest BCUT2D eigenvalue weighted by Crippen LogP contribution is -2.44. The Balaban J connectivity index is 3.08. The van der Waals surface area contributed by atoms with Crippen molar-refractivity contribution in [2.45, 2.75) is 0 Å². The number of nitro benzene ring substituents is 1. The van der Waals surface area contributed by atoms with Gasteiger partial charge in [-0.15, -0.1) is 0 Å². The molecule has 0 spiro atoms. The number of methoxy groups -OCH3 is 1. The van der Waals surface area contributed by atoms with E-state index in [0.717, 1.165) is 0 Å². The molecular weight excluding hydrogens is 244 g/mol. The largest absolute Gasteiger partial charge is 0.490 e. The molecule has 0 saturated heterocycles. The molecule has 96 valence electrons. The maximum Gasteiger partial charge on any atom is 0.330 e. The van der Waals surface area contributed by atoms with E-state index in [9.17, 15) is 19.7 Å². The van der Waals surface area contributed by atoms with Crippen molar-refractivity contribution in [1.29, 1.82) is 0 Å². The van der Waals surface area contributed by atoms with Crippen LogP contribution in [0.3, 0.4) is 0 Å². The van der Waals surface area contributed by atoms with Gasteiger partial charge in [0.1, 0.15) is 0 Å². The number of carbonyl (C=O) groups excluding carboxylic acids is 2. The Hall–Kier alpha value is -2.84. The average Bonchev–Trinajstić information content (AvgIpc) is 2.34. The van der Waals surface area contributed by atoms with E-state index in [1.807, 2.05) is 10.9 Å². The SMILES string of the molecule is COc1c(C(=O)NNC(N)=O)cccc1[N+](=O)[O-]. The summed E-state index contributed by atoms with van der Waals surface area (Å²) in [5.41, 5.74) is 8.14. The van der Waals surface area contributed by atoms with Gasteiger partial charge < -0.3 is 10.5 Å². The van der Waals surface area contributed by atoms with E-state index in [-0.39, 0.29) is 17.0 Å². The van der Waals surface area contributed by atoms with Crippen molar-refractivity contribution in [1.82, 2.24) is 10.9 Å². The number of nitrogens with one attached hydrogen (secondary N) is 2. The zero-order chi connectivity index (χ0) is 13.7. The van der Waals surface area contributed by atoms with Crippen LogP contribution >= 0.6 is 0 Å². The van der Waals surface area contributed by atoms with Crippen LogP contribution in [-0.4, -0.2) is 24.0 Å². The van der Waals surface area contributed by atoms with Gasteiger partial charge in [0.25, 0.3) is 5.91 Å². The molecule has 0 heterocycles. The van der Waals surface area contributed by atoms with Gasteiger partial charge in [0.05, 0.1) is 17.6 Å². The number of primary amides is 1. The molecule has 1 aromatic carbocycles. The Morgan fingerprint density at radius 1 is 1.39 bits per heavy atom. The number of urea groups is 1. The maximum absolute atomic E-state index is 11.6. The van der Waals surface area contributed by atoms with Gasteiger partial charge >= 0.3 is 11.7 Å². The lowest BCUT2D eigenvalue weighted by Gasteiger charge is -2.09. The van der Waals surface area contributed by atoms with Gasteiger partial charge in [0.2, 0.25) is 5.75 Å². The third-order valence-corrected chi connectivity index (χ3v) is 1.94. The Bertz CT molecular complexity index is 502. The number of nitro groups is 1. The van der Waals surface area contributed by atoms with E-state index in [1.165, 1.54) is 25.3 Å². The standard InChI is InChI=1S/C9H10N4O5/c1-18-7-5(8(14)11-12-9(10)15)3-2-4-6(7)13(16)17/h2-4H,1H3,(H,11,14)(H3,10,12,15). The molecule has 0 unspecified atom stereocenters. The lowest BCUT2D eigenvalue weighted by atomic mass is 10.1. The summed E-state index contributed by atoms with van der Waals surface area (Å²) in [6.45, 7) is 0. The summed E-state index contributed by atoms with van der Waals surface area (Å²) >= 11 is 0. The van der Waals surface area contributed by atoms with Crippen molar-refractivity contribution in [2.24, 2.45) is 5.73 Å². The second-order valence-electron chi connectivity index (χ2n) is 3.06. The fourth-order valence-corrected chi connectivity index (χ4v) is 1.25. The first-order valence-electron chi connectivity index (χ1n) is 4.64. The molecule has 9 nitrogen and oxygen atoms in total. The van der Waals surface area contributed by atoms with Crippen LogP contribution in [0.25, 0.3) is 0 Å². The summed E-state index contributed by atoms with van der Waals surface area (Å²) in [5.74, 6) is -0.986. The molecule has 4 N–H and O–H groups in total. The number of para-hydroxylation sites is 1. The number of carbonyl (C=O) groups is 2. The lowest BCUT2D eigenvalue weighted by molar-refractivity contribution is -0.385. The molecule has 0 aliphatic rings. The minimum Gasteiger partial charge on any atom is -0.490 e. The smallest absolute Gasteiger partial charge is 0.330 e. The quantitative estimate of drug-likeness (QED) is 0.511. The third kappa shape index (κ3) is 2.84. The normalized spacial score (nSPS) is 9.39. The number of ether oxygens (including phenoxy) is 1. The van der Waals surface area contributed by atoms with Crippen LogP contribution in [0.1, 0.15) is 10.4 Å². The second kappa shape index (κ2) is 5.48. The Labute approximate surface area is 101 Å². The van der Waals surface area contributed by atoms with Crippen molar-refractivity contribution < 1.29 is 19.2 Å². The fourth-order valence-electron chi connectivity index (χ4n) is 1.25. The molecule has 9 heteroatoms. The molecule has 0 radical (unpaired) electrons. The Morgan fingerprint density at radius 3 is 2.56 bits per heavy atom. The molecule has 1 rings (SSSR count). The minimum atomic E-state index is -0.965. The van der Waals surface area contributed by atoms with Crippen LogP contribution in [0, 0.1) is 10.1 Å². The number of nitrogens with zero attached hydrogens (tertiary/aromatic N) is 1. The molecule has 0 aromatic heterocycles. The minimum absolute atomic E-state index is 0.0968. The van der Waals surface area contributed by atoms with Crippen LogP contribution in [0.15, 0.2) is 18.2 Å². The Kier molecular flexibility index (Phi) is 4.02. The van der Waals surface area contributed by atoms with Gasteiger partial charge in [-0.25, -0.2) is 10.2 Å². The van der Waals surface area contributed by atoms with Gasteiger partial charge in [0, 0.05) is 6.07 Å². The van der Waals surface area contributed by atoms with Crippen molar-refractivity contribution in [3.8, 4) is 5.75 Å². The molecule has 18 heavy (non-hydrogen) atoms. The number of benzene rings is 1. The number of nitrogens with two attached hydrogens (primary N) is 1. The predicted molar refractivity (Wildman–Crippen MR) is 59.8 cm³/mol. The number of amides is 3. The second-order valence-corrected chi connectivity index (χ2v) is 3.06. The zero-order valence-electron chi connectivity index (χ0n) is 9.30. The topological polar surface area (TPSA) is 137 Å². The van der Waals surface area contributed by atoms with Crippen molar-refractivity contribution in [3.05, 3.63) is 33.9 Å². The van der Waals surface area contributed by atoms with Gasteiger partial charge in [-0.05, 0) is 6.07 Å². The Morgan fingerprint density at radius 2 is 2.06 bits per heavy atom. The van der Waals surface area contributed by atoms with E-state index in [2.05, 4.69) is 0 Å². The monoisotopic (exact) mass is 254 g/mol. The van der Waals surface area contributed by atoms with Crippen molar-refractivity contribution >= 4 is 17.6 Å². The molecule has 0 fully saturated rings. The molecule has 0 atom stereocenters. The highest BCUT2D eigenvalue weighted by Crippen LogP contribution is 2.30. The summed E-state index contributed by atoms with van der Waals surface area (Å²) in [7, 11) is 1.20. The number of rotatable bonds is 3. The summed E-state index contributed by atoms with van der Waals surface area (Å²) in [6.07, 6.45) is 0. The fraction of sp³-hybridized carbons (Fsp3) is 0.111. The first kappa shape index (κ1) is 13.2. The van der Waals surface area contributed by atoms with Crippen LogP contribution in [-0.2, 0) is 0 Å². The van der Waals surface area contributed by atoms with E-state index in [4.69, 9.17) is 10.5 Å². The van der Waals surface area contributed by atoms with E-state index >= 15 is 0 Å². The molecule has 0 bridgehead atoms. The van der Waals surface area contributed by atoms with Crippen LogP contribution < -0.4 is 21.3 Å². The summed E-state index contributed by atoms with van der Waals surface area (Å²) in [6, 6.07) is 2.86. The first-order chi connectivity index (χ1) is 8.47. The maximum atomic E-state index is 11.6. The van der Waals surface area contributed by atoms with Gasteiger partial charge in [-0.1, -0.05) is 6.07 Å². The predicted octanol–water partition coefficient (Wildman–Crippen LogP) is -0.0835. The summed E-state index contributed by atoms with van der Waals surface area (Å²) < 4.78 is 4.82. The van der Waals surface area contributed by atoms with E-state index in [1.54, 1.807) is 0 Å². The highest BCUT2D eigenvalue weighted by atomic mass is 16.6. The zero-order valence-corrected chi connectivity index (χ0v) is 9.30. The van der Waals surface area contributed by atoms with Crippen LogP contribution in [0.4, 0.5) is 10.5 Å². The summed E-state index contributed by atoms with van der Waals surface area (Å²) in [4.78, 5) is 32.1. The highest BCUT2D eigenvalue weighted by molar-refractivity contribution is 5.98. The van der Waals surface area contributed by atoms with E-state index < -0.39 is 16.9 Å². The van der Waals surface area contributed by atoms with E-state index in [0.29, 0.717) is 0 Å². The molecule has 3 amide bonds. The summed E-state index contributed by atoms with van der Waals surface area (Å²) in [5, 5.41) is 10.7. The highest BCUT2D eigenvalue weighted by Gasteiger charge is 2.22. The number of hydrogen-bond acceptors (Lipinski definition) is 5. The molecule has 0 aliphatic carbocycles. The van der Waals surface area contributed by atoms with Crippen molar-refractivity contribution in [3.63, 3.8) is 0 Å². The van der Waals surface area contributed by atoms with Crippen molar-refractivity contribution in [2.75, 3.05) is 7.11 Å². The van der Waals surface area contributed by atoms with Gasteiger partial charge in [0.15, 0.2) is 0 Å². The molecule has 0 saturated carbocycles. The van der Waals surface area contributed by atoms with Crippen LogP contribution in [0.5, 0.6) is 5.75 Å². The first-order valence-corrected chi connectivity index (χ1v) is 4.64. The van der Waals surface area contributed by atoms with Crippen LogP contribution in [0.2, 0.25) is 0 Å². The number of hydrazine groups is 1. The molecular formula is C9H10N4O5. The molecule has 1 aromatic rings. The molecule has 0 aliphatic heterocycles. The number of hydrogen-bond donors (Lipinski definition) is 3. The van der Waals surface area contributed by atoms with Gasteiger partial charge in [-0.2, -0.15) is 0 Å². The third-order valence-electron chi connectivity index (χ3n) is 1.94. The van der Waals surface area contributed by atoms with Gasteiger partial charge in [-0.3, -0.25) is 20.3 Å².